The molecule has 1 atom stereocenters. The number of carbonyl (C=O) groups excluding carboxylic acids is 1. The summed E-state index contributed by atoms with van der Waals surface area (Å²) in [5.41, 5.74) is 4.86. The molecule has 1 unspecified atom stereocenters. The number of carboxylic acid groups (broad SMARTS) is 1. The summed E-state index contributed by atoms with van der Waals surface area (Å²) in [4.78, 5) is 26.4. The average molecular weight is 581 g/mol. The minimum Gasteiger partial charge on any atom is -0.494 e. The number of rotatable bonds is 16. The lowest BCUT2D eigenvalue weighted by Crippen LogP contribution is -2.38. The number of carbonyl (C=O) groups is 2. The first-order valence-corrected chi connectivity index (χ1v) is 14.2. The number of halogens is 1. The van der Waals surface area contributed by atoms with Crippen molar-refractivity contribution in [1.29, 1.82) is 0 Å². The quantitative estimate of drug-likeness (QED) is 0.186. The number of ether oxygens (including phenoxy) is 3. The van der Waals surface area contributed by atoms with E-state index in [0.29, 0.717) is 50.6 Å². The van der Waals surface area contributed by atoms with Crippen molar-refractivity contribution >= 4 is 17.7 Å². The Labute approximate surface area is 247 Å². The third-order valence-corrected chi connectivity index (χ3v) is 6.89. The van der Waals surface area contributed by atoms with E-state index in [1.807, 2.05) is 39.0 Å². The number of nitrogens with zero attached hydrogens (tertiary/aromatic N) is 1. The first-order chi connectivity index (χ1) is 20.2. The minimum atomic E-state index is -0.992. The van der Waals surface area contributed by atoms with Gasteiger partial charge >= 0.3 is 12.0 Å². The maximum absolute atomic E-state index is 13.3. The van der Waals surface area contributed by atoms with Gasteiger partial charge in [-0.25, -0.2) is 14.0 Å². The summed E-state index contributed by atoms with van der Waals surface area (Å²) < 4.78 is 30.0. The van der Waals surface area contributed by atoms with Crippen molar-refractivity contribution in [3.8, 4) is 11.5 Å². The second-order valence-electron chi connectivity index (χ2n) is 10.2. The Morgan fingerprint density at radius 3 is 2.12 bits per heavy atom. The fraction of sp³-hybridized carbons (Fsp3) is 0.394. The number of unbranched alkanes of at least 4 members (excludes halogenated alkanes) is 1. The molecule has 3 aromatic rings. The van der Waals surface area contributed by atoms with Crippen molar-refractivity contribution in [2.75, 3.05) is 38.2 Å². The maximum atomic E-state index is 13.3. The predicted molar refractivity (Wildman–Crippen MR) is 161 cm³/mol. The molecule has 3 aromatic carbocycles. The van der Waals surface area contributed by atoms with E-state index in [9.17, 15) is 19.1 Å². The van der Waals surface area contributed by atoms with Gasteiger partial charge in [-0.3, -0.25) is 0 Å². The smallest absolute Gasteiger partial charge is 0.333 e. The lowest BCUT2D eigenvalue weighted by molar-refractivity contribution is -0.149. The molecule has 0 bridgehead atoms. The lowest BCUT2D eigenvalue weighted by Gasteiger charge is -2.24. The second-order valence-corrected chi connectivity index (χ2v) is 10.2. The van der Waals surface area contributed by atoms with Crippen LogP contribution in [0.3, 0.4) is 0 Å². The van der Waals surface area contributed by atoms with E-state index < -0.39 is 12.1 Å². The Hall–Kier alpha value is -4.11. The van der Waals surface area contributed by atoms with Crippen LogP contribution in [0.4, 0.5) is 14.9 Å². The van der Waals surface area contributed by atoms with Gasteiger partial charge in [-0.1, -0.05) is 18.2 Å². The van der Waals surface area contributed by atoms with E-state index in [2.05, 4.69) is 11.4 Å². The number of aryl methyl sites for hydroxylation is 3. The van der Waals surface area contributed by atoms with Gasteiger partial charge in [0.1, 0.15) is 23.9 Å². The molecule has 226 valence electrons. The van der Waals surface area contributed by atoms with Crippen LogP contribution in [0.1, 0.15) is 42.0 Å². The third kappa shape index (κ3) is 10.4. The number of hydrogen-bond acceptors (Lipinski definition) is 5. The molecule has 0 aliphatic rings. The maximum Gasteiger partial charge on any atom is 0.333 e. The number of aliphatic carboxylic acids is 1. The Morgan fingerprint density at radius 1 is 0.857 bits per heavy atom. The monoisotopic (exact) mass is 580 g/mol. The number of carboxylic acids is 1. The number of hydrogen-bond donors (Lipinski definition) is 2. The highest BCUT2D eigenvalue weighted by Gasteiger charge is 2.18. The molecule has 9 heteroatoms. The molecule has 0 aromatic heterocycles. The second kappa shape index (κ2) is 16.4. The summed E-state index contributed by atoms with van der Waals surface area (Å²) in [6, 6.07) is 16.9. The number of nitrogens with one attached hydrogen (secondary N) is 1. The largest absolute Gasteiger partial charge is 0.494 e. The molecule has 2 N–H and O–H groups in total. The molecule has 0 radical (unpaired) electrons. The summed E-state index contributed by atoms with van der Waals surface area (Å²) in [5.74, 6) is -0.0739. The van der Waals surface area contributed by atoms with E-state index in [1.54, 1.807) is 36.1 Å². The average Bonchev–Trinajstić information content (AvgIpc) is 2.96. The summed E-state index contributed by atoms with van der Waals surface area (Å²) in [7, 11) is 0. The molecule has 0 fully saturated rings. The van der Waals surface area contributed by atoms with Gasteiger partial charge in [0.25, 0.3) is 0 Å². The highest BCUT2D eigenvalue weighted by atomic mass is 19.1. The van der Waals surface area contributed by atoms with E-state index >= 15 is 0 Å². The van der Waals surface area contributed by atoms with Gasteiger partial charge in [-0.2, -0.15) is 0 Å². The molecule has 42 heavy (non-hydrogen) atoms. The van der Waals surface area contributed by atoms with Crippen molar-refractivity contribution < 1.29 is 33.3 Å². The van der Waals surface area contributed by atoms with Crippen molar-refractivity contribution in [1.82, 2.24) is 4.90 Å². The van der Waals surface area contributed by atoms with Gasteiger partial charge in [-0.15, -0.1) is 0 Å². The summed E-state index contributed by atoms with van der Waals surface area (Å²) in [6.07, 6.45) is 0.793. The van der Waals surface area contributed by atoms with Crippen molar-refractivity contribution in [3.63, 3.8) is 0 Å². The zero-order valence-corrected chi connectivity index (χ0v) is 24.8. The number of urea groups is 1. The van der Waals surface area contributed by atoms with Gasteiger partial charge in [0.2, 0.25) is 0 Å². The molecular formula is C33H41FN2O6. The molecule has 0 heterocycles. The highest BCUT2D eigenvalue weighted by Crippen LogP contribution is 2.21. The number of benzene rings is 3. The van der Waals surface area contributed by atoms with E-state index in [4.69, 9.17) is 14.2 Å². The Kier molecular flexibility index (Phi) is 12.6. The Balaban J connectivity index is 1.56. The van der Waals surface area contributed by atoms with Crippen LogP contribution in [0.15, 0.2) is 60.7 Å². The normalized spacial score (nSPS) is 11.5. The first kappa shape index (κ1) is 32.4. The molecule has 8 nitrogen and oxygen atoms in total. The van der Waals surface area contributed by atoms with E-state index in [-0.39, 0.29) is 24.9 Å². The number of anilines is 1. The van der Waals surface area contributed by atoms with Crippen LogP contribution in [0.5, 0.6) is 11.5 Å². The predicted octanol–water partition coefficient (Wildman–Crippen LogP) is 6.56. The first-order valence-electron chi connectivity index (χ1n) is 14.2. The topological polar surface area (TPSA) is 97.3 Å². The molecule has 0 spiro atoms. The zero-order chi connectivity index (χ0) is 30.5. The SMILES string of the molecule is CCOC(Cc1ccc(OCCN(CCCCOc2ccc(F)cc2)C(=O)Nc2cc(C)c(C)cc2C)cc1)C(=O)O. The Bertz CT molecular complexity index is 1300. The van der Waals surface area contributed by atoms with E-state index in [1.165, 1.54) is 17.7 Å². The van der Waals surface area contributed by atoms with Gasteiger partial charge in [-0.05, 0) is 105 Å². The van der Waals surface area contributed by atoms with Crippen molar-refractivity contribution in [2.45, 2.75) is 53.1 Å². The van der Waals surface area contributed by atoms with Crippen molar-refractivity contribution in [3.05, 3.63) is 88.7 Å². The highest BCUT2D eigenvalue weighted by molar-refractivity contribution is 5.90. The van der Waals surface area contributed by atoms with Crippen LogP contribution in [0, 0.1) is 26.6 Å². The third-order valence-electron chi connectivity index (χ3n) is 6.89. The number of amides is 2. The molecule has 2 amide bonds. The standard InChI is InChI=1S/C33H41FN2O6/c1-5-40-31(32(37)38)22-26-8-12-28(13-9-26)42-19-17-36(16-6-7-18-41-29-14-10-27(34)11-15-29)33(39)35-30-21-24(3)23(2)20-25(30)4/h8-15,20-21,31H,5-7,16-19,22H2,1-4H3,(H,35,39)(H,37,38). The van der Waals surface area contributed by atoms with Gasteiger partial charge < -0.3 is 29.5 Å². The van der Waals surface area contributed by atoms with Crippen LogP contribution in [0.2, 0.25) is 0 Å². The molecular weight excluding hydrogens is 539 g/mol. The van der Waals surface area contributed by atoms with Crippen LogP contribution in [-0.2, 0) is 16.0 Å². The molecule has 0 saturated carbocycles. The summed E-state index contributed by atoms with van der Waals surface area (Å²) in [6.45, 7) is 9.71. The fourth-order valence-corrected chi connectivity index (χ4v) is 4.36. The van der Waals surface area contributed by atoms with E-state index in [0.717, 1.165) is 22.4 Å². The Morgan fingerprint density at radius 2 is 1.48 bits per heavy atom. The van der Waals surface area contributed by atoms with Crippen LogP contribution in [-0.4, -0.2) is 61.0 Å². The zero-order valence-electron chi connectivity index (χ0n) is 24.8. The lowest BCUT2D eigenvalue weighted by atomic mass is 10.1. The molecule has 0 saturated heterocycles. The van der Waals surface area contributed by atoms with Gasteiger partial charge in [0, 0.05) is 25.3 Å². The summed E-state index contributed by atoms with van der Waals surface area (Å²) >= 11 is 0. The van der Waals surface area contributed by atoms with Crippen molar-refractivity contribution in [2.24, 2.45) is 0 Å². The summed E-state index contributed by atoms with van der Waals surface area (Å²) in [5, 5.41) is 12.4. The molecule has 0 aliphatic heterocycles. The molecule has 0 aliphatic carbocycles. The van der Waals surface area contributed by atoms with Crippen LogP contribution < -0.4 is 14.8 Å². The van der Waals surface area contributed by atoms with Crippen LogP contribution in [0.25, 0.3) is 0 Å². The fourth-order valence-electron chi connectivity index (χ4n) is 4.36. The minimum absolute atomic E-state index is 0.213. The van der Waals surface area contributed by atoms with Gasteiger partial charge in [0.05, 0.1) is 13.2 Å². The molecule has 3 rings (SSSR count). The van der Waals surface area contributed by atoms with Crippen LogP contribution >= 0.6 is 0 Å². The van der Waals surface area contributed by atoms with Gasteiger partial charge in [0.15, 0.2) is 6.10 Å².